The average molecular weight is 240 g/mol. The minimum Gasteiger partial charge on any atom is -0.378 e. The molecule has 4 nitrogen and oxygen atoms in total. The van der Waals surface area contributed by atoms with E-state index in [1.54, 1.807) is 0 Å². The number of likely N-dealkylation sites (tertiary alicyclic amines) is 1. The Morgan fingerprint density at radius 1 is 1.41 bits per heavy atom. The first-order chi connectivity index (χ1) is 8.08. The standard InChI is InChI=1S/C13H24N2O2/c1-9(2)14-12-4-6-15(13(12)16)11-5-7-17-10(3)8-11/h9-12,14H,4-8H2,1-3H3. The fourth-order valence-electron chi connectivity index (χ4n) is 2.88. The molecule has 0 aliphatic carbocycles. The Morgan fingerprint density at radius 2 is 2.18 bits per heavy atom. The molecule has 2 heterocycles. The molecule has 0 saturated carbocycles. The second kappa shape index (κ2) is 5.36. The number of carbonyl (C=O) groups excluding carboxylic acids is 1. The van der Waals surface area contributed by atoms with E-state index in [1.165, 1.54) is 0 Å². The number of nitrogens with one attached hydrogen (secondary N) is 1. The molecular formula is C13H24N2O2. The van der Waals surface area contributed by atoms with E-state index in [0.29, 0.717) is 18.2 Å². The summed E-state index contributed by atoms with van der Waals surface area (Å²) in [5.41, 5.74) is 0. The summed E-state index contributed by atoms with van der Waals surface area (Å²) in [6.07, 6.45) is 3.21. The van der Waals surface area contributed by atoms with Crippen LogP contribution in [0.4, 0.5) is 0 Å². The molecule has 3 unspecified atom stereocenters. The van der Waals surface area contributed by atoms with Gasteiger partial charge in [0.1, 0.15) is 0 Å². The molecular weight excluding hydrogens is 216 g/mol. The summed E-state index contributed by atoms with van der Waals surface area (Å²) in [5, 5.41) is 3.35. The molecule has 0 aromatic heterocycles. The van der Waals surface area contributed by atoms with E-state index in [0.717, 1.165) is 32.4 Å². The van der Waals surface area contributed by atoms with E-state index in [4.69, 9.17) is 4.74 Å². The van der Waals surface area contributed by atoms with Gasteiger partial charge in [-0.15, -0.1) is 0 Å². The number of hydrogen-bond donors (Lipinski definition) is 1. The van der Waals surface area contributed by atoms with Crippen LogP contribution in [0.1, 0.15) is 40.0 Å². The van der Waals surface area contributed by atoms with Gasteiger partial charge in [-0.3, -0.25) is 4.79 Å². The summed E-state index contributed by atoms with van der Waals surface area (Å²) in [7, 11) is 0. The van der Waals surface area contributed by atoms with E-state index >= 15 is 0 Å². The number of nitrogens with zero attached hydrogens (tertiary/aromatic N) is 1. The van der Waals surface area contributed by atoms with Crippen LogP contribution in [-0.4, -0.2) is 48.2 Å². The number of amides is 1. The molecule has 2 rings (SSSR count). The zero-order chi connectivity index (χ0) is 12.4. The van der Waals surface area contributed by atoms with Gasteiger partial charge in [-0.05, 0) is 26.2 Å². The lowest BCUT2D eigenvalue weighted by Crippen LogP contribution is -2.47. The Labute approximate surface area is 104 Å². The lowest BCUT2D eigenvalue weighted by molar-refractivity contribution is -0.134. The zero-order valence-corrected chi connectivity index (χ0v) is 11.1. The van der Waals surface area contributed by atoms with Crippen molar-refractivity contribution in [3.63, 3.8) is 0 Å². The lowest BCUT2D eigenvalue weighted by atomic mass is 10.0. The Hall–Kier alpha value is -0.610. The average Bonchev–Trinajstić information content (AvgIpc) is 2.60. The molecule has 2 aliphatic heterocycles. The van der Waals surface area contributed by atoms with Gasteiger partial charge in [-0.1, -0.05) is 13.8 Å². The van der Waals surface area contributed by atoms with Gasteiger partial charge in [0.05, 0.1) is 12.1 Å². The van der Waals surface area contributed by atoms with Crippen molar-refractivity contribution in [2.24, 2.45) is 0 Å². The molecule has 0 spiro atoms. The molecule has 0 bridgehead atoms. The van der Waals surface area contributed by atoms with Gasteiger partial charge in [0.2, 0.25) is 5.91 Å². The monoisotopic (exact) mass is 240 g/mol. The topological polar surface area (TPSA) is 41.6 Å². The van der Waals surface area contributed by atoms with Crippen molar-refractivity contribution in [1.29, 1.82) is 0 Å². The van der Waals surface area contributed by atoms with Crippen molar-refractivity contribution < 1.29 is 9.53 Å². The molecule has 0 aromatic carbocycles. The molecule has 1 N–H and O–H groups in total. The predicted octanol–water partition coefficient (Wildman–Crippen LogP) is 1.15. The van der Waals surface area contributed by atoms with Gasteiger partial charge in [-0.2, -0.15) is 0 Å². The van der Waals surface area contributed by atoms with Gasteiger partial charge in [0, 0.05) is 25.2 Å². The van der Waals surface area contributed by atoms with E-state index < -0.39 is 0 Å². The third kappa shape index (κ3) is 2.99. The molecule has 2 aliphatic rings. The smallest absolute Gasteiger partial charge is 0.240 e. The second-order valence-corrected chi connectivity index (χ2v) is 5.55. The van der Waals surface area contributed by atoms with Crippen LogP contribution in [0.2, 0.25) is 0 Å². The summed E-state index contributed by atoms with van der Waals surface area (Å²) >= 11 is 0. The fourth-order valence-corrected chi connectivity index (χ4v) is 2.88. The SMILES string of the molecule is CC(C)NC1CCN(C2CCOC(C)C2)C1=O. The van der Waals surface area contributed by atoms with Crippen LogP contribution in [0.25, 0.3) is 0 Å². The van der Waals surface area contributed by atoms with Gasteiger partial charge in [0.25, 0.3) is 0 Å². The summed E-state index contributed by atoms with van der Waals surface area (Å²) < 4.78 is 5.54. The number of rotatable bonds is 3. The Morgan fingerprint density at radius 3 is 2.82 bits per heavy atom. The first kappa shape index (κ1) is 12.8. The summed E-state index contributed by atoms with van der Waals surface area (Å²) in [5.74, 6) is 0.290. The summed E-state index contributed by atoms with van der Waals surface area (Å²) in [6, 6.07) is 0.802. The molecule has 4 heteroatoms. The van der Waals surface area contributed by atoms with Crippen LogP contribution in [0, 0.1) is 0 Å². The third-order valence-corrected chi connectivity index (χ3v) is 3.67. The molecule has 1 amide bonds. The highest BCUT2D eigenvalue weighted by Crippen LogP contribution is 2.24. The minimum atomic E-state index is 0.0353. The third-order valence-electron chi connectivity index (χ3n) is 3.67. The minimum absolute atomic E-state index is 0.0353. The van der Waals surface area contributed by atoms with Crippen molar-refractivity contribution in [3.8, 4) is 0 Å². The van der Waals surface area contributed by atoms with Crippen LogP contribution < -0.4 is 5.32 Å². The largest absolute Gasteiger partial charge is 0.378 e. The molecule has 0 aromatic rings. The lowest BCUT2D eigenvalue weighted by Gasteiger charge is -2.34. The van der Waals surface area contributed by atoms with Gasteiger partial charge in [-0.25, -0.2) is 0 Å². The van der Waals surface area contributed by atoms with Crippen LogP contribution in [0.3, 0.4) is 0 Å². The molecule has 3 atom stereocenters. The fraction of sp³-hybridized carbons (Fsp3) is 0.923. The van der Waals surface area contributed by atoms with Crippen molar-refractivity contribution in [1.82, 2.24) is 10.2 Å². The highest BCUT2D eigenvalue weighted by atomic mass is 16.5. The molecule has 2 fully saturated rings. The van der Waals surface area contributed by atoms with Crippen molar-refractivity contribution in [2.45, 2.75) is 64.3 Å². The molecule has 2 saturated heterocycles. The van der Waals surface area contributed by atoms with Crippen LogP contribution in [-0.2, 0) is 9.53 Å². The Balaban J connectivity index is 1.92. The van der Waals surface area contributed by atoms with Crippen molar-refractivity contribution >= 4 is 5.91 Å². The first-order valence-corrected chi connectivity index (χ1v) is 6.76. The zero-order valence-electron chi connectivity index (χ0n) is 11.1. The molecule has 0 radical (unpaired) electrons. The van der Waals surface area contributed by atoms with E-state index in [9.17, 15) is 4.79 Å². The van der Waals surface area contributed by atoms with Crippen molar-refractivity contribution in [3.05, 3.63) is 0 Å². The summed E-state index contributed by atoms with van der Waals surface area (Å²) in [4.78, 5) is 14.3. The highest BCUT2D eigenvalue weighted by Gasteiger charge is 2.37. The quantitative estimate of drug-likeness (QED) is 0.804. The maximum atomic E-state index is 12.3. The van der Waals surface area contributed by atoms with Crippen LogP contribution in [0.15, 0.2) is 0 Å². The predicted molar refractivity (Wildman–Crippen MR) is 66.8 cm³/mol. The molecule has 98 valence electrons. The molecule has 17 heavy (non-hydrogen) atoms. The Bertz CT molecular complexity index is 281. The maximum Gasteiger partial charge on any atom is 0.240 e. The highest BCUT2D eigenvalue weighted by molar-refractivity contribution is 5.84. The van der Waals surface area contributed by atoms with Gasteiger partial charge >= 0.3 is 0 Å². The first-order valence-electron chi connectivity index (χ1n) is 6.76. The number of hydrogen-bond acceptors (Lipinski definition) is 3. The van der Waals surface area contributed by atoms with E-state index in [1.807, 2.05) is 0 Å². The normalized spacial score (nSPS) is 34.7. The summed E-state index contributed by atoms with van der Waals surface area (Å²) in [6.45, 7) is 7.97. The van der Waals surface area contributed by atoms with Crippen LogP contribution >= 0.6 is 0 Å². The second-order valence-electron chi connectivity index (χ2n) is 5.55. The van der Waals surface area contributed by atoms with E-state index in [2.05, 4.69) is 31.0 Å². The van der Waals surface area contributed by atoms with E-state index in [-0.39, 0.29) is 11.9 Å². The van der Waals surface area contributed by atoms with Gasteiger partial charge in [0.15, 0.2) is 0 Å². The Kier molecular flexibility index (Phi) is 4.05. The van der Waals surface area contributed by atoms with Crippen LogP contribution in [0.5, 0.6) is 0 Å². The van der Waals surface area contributed by atoms with Gasteiger partial charge < -0.3 is 15.0 Å². The maximum absolute atomic E-state index is 12.3. The number of carbonyl (C=O) groups is 1. The number of ether oxygens (including phenoxy) is 1. The van der Waals surface area contributed by atoms with Crippen molar-refractivity contribution in [2.75, 3.05) is 13.2 Å².